The highest BCUT2D eigenvalue weighted by atomic mass is 32.2. The van der Waals surface area contributed by atoms with E-state index >= 15 is 0 Å². The fraction of sp³-hybridized carbons (Fsp3) is 0.300. The SMILES string of the molecule is CCSc1cccc(C(=O)N(CCN(C)C)c2nc3ccc([N+](=O)[O-])cc3s2)c1. The lowest BCUT2D eigenvalue weighted by atomic mass is 10.2. The van der Waals surface area contributed by atoms with Gasteiger partial charge >= 0.3 is 0 Å². The van der Waals surface area contributed by atoms with E-state index in [1.54, 1.807) is 22.7 Å². The average molecular weight is 431 g/mol. The number of benzene rings is 2. The number of anilines is 1. The fourth-order valence-electron chi connectivity index (χ4n) is 2.76. The van der Waals surface area contributed by atoms with Crippen LogP contribution in [0.25, 0.3) is 10.2 Å². The van der Waals surface area contributed by atoms with Gasteiger partial charge in [0.15, 0.2) is 5.13 Å². The highest BCUT2D eigenvalue weighted by Crippen LogP contribution is 2.32. The third kappa shape index (κ3) is 5.11. The van der Waals surface area contributed by atoms with Crippen molar-refractivity contribution in [2.75, 3.05) is 37.8 Å². The van der Waals surface area contributed by atoms with Crippen molar-refractivity contribution in [1.82, 2.24) is 9.88 Å². The van der Waals surface area contributed by atoms with E-state index in [1.807, 2.05) is 43.3 Å². The Morgan fingerprint density at radius 2 is 2.00 bits per heavy atom. The van der Waals surface area contributed by atoms with E-state index in [4.69, 9.17) is 0 Å². The van der Waals surface area contributed by atoms with Gasteiger partial charge in [-0.2, -0.15) is 0 Å². The van der Waals surface area contributed by atoms with Gasteiger partial charge in [-0.05, 0) is 44.1 Å². The van der Waals surface area contributed by atoms with Gasteiger partial charge < -0.3 is 4.90 Å². The van der Waals surface area contributed by atoms with Crippen molar-refractivity contribution < 1.29 is 9.72 Å². The van der Waals surface area contributed by atoms with Crippen LogP contribution in [0.5, 0.6) is 0 Å². The quantitative estimate of drug-likeness (QED) is 0.297. The number of thiazole rings is 1. The number of thioether (sulfide) groups is 1. The van der Waals surface area contributed by atoms with Crippen LogP contribution in [-0.2, 0) is 0 Å². The Kier molecular flexibility index (Phi) is 6.83. The number of carbonyl (C=O) groups is 1. The minimum atomic E-state index is -0.426. The number of nitro benzene ring substituents is 1. The zero-order valence-corrected chi connectivity index (χ0v) is 18.1. The van der Waals surface area contributed by atoms with Crippen LogP contribution in [0.4, 0.5) is 10.8 Å². The minimum Gasteiger partial charge on any atom is -0.308 e. The maximum absolute atomic E-state index is 13.3. The summed E-state index contributed by atoms with van der Waals surface area (Å²) in [4.78, 5) is 33.2. The van der Waals surface area contributed by atoms with Crippen molar-refractivity contribution in [2.24, 2.45) is 0 Å². The molecule has 0 radical (unpaired) electrons. The standard InChI is InChI=1S/C20H22N4O3S2/c1-4-28-16-7-5-6-14(12-16)19(25)23(11-10-22(2)3)20-21-17-9-8-15(24(26)27)13-18(17)29-20/h5-9,12-13H,4,10-11H2,1-3H3. The van der Waals surface area contributed by atoms with Gasteiger partial charge in [-0.25, -0.2) is 4.98 Å². The lowest BCUT2D eigenvalue weighted by Gasteiger charge is -2.22. The van der Waals surface area contributed by atoms with Gasteiger partial charge in [-0.3, -0.25) is 19.8 Å². The molecule has 0 aliphatic carbocycles. The first-order valence-corrected chi connectivity index (χ1v) is 10.9. The first kappa shape index (κ1) is 21.2. The molecule has 0 spiro atoms. The topological polar surface area (TPSA) is 79.6 Å². The van der Waals surface area contributed by atoms with Gasteiger partial charge in [0, 0.05) is 35.7 Å². The number of hydrogen-bond donors (Lipinski definition) is 0. The van der Waals surface area contributed by atoms with Crippen molar-refractivity contribution in [3.63, 3.8) is 0 Å². The molecule has 0 atom stereocenters. The molecule has 0 fully saturated rings. The molecule has 0 aliphatic heterocycles. The molecule has 29 heavy (non-hydrogen) atoms. The summed E-state index contributed by atoms with van der Waals surface area (Å²) in [6.07, 6.45) is 0. The Labute approximate surface area is 177 Å². The normalized spacial score (nSPS) is 11.2. The first-order chi connectivity index (χ1) is 13.9. The Balaban J connectivity index is 1.98. The molecule has 1 aromatic heterocycles. The molecule has 1 amide bonds. The van der Waals surface area contributed by atoms with Gasteiger partial charge in [0.05, 0.1) is 15.1 Å². The summed E-state index contributed by atoms with van der Waals surface area (Å²) < 4.78 is 0.687. The van der Waals surface area contributed by atoms with Crippen LogP contribution in [-0.4, -0.2) is 53.7 Å². The summed E-state index contributed by atoms with van der Waals surface area (Å²) in [7, 11) is 3.89. The van der Waals surface area contributed by atoms with Gasteiger partial charge in [0.1, 0.15) is 0 Å². The van der Waals surface area contributed by atoms with Crippen LogP contribution < -0.4 is 4.90 Å². The maximum Gasteiger partial charge on any atom is 0.270 e. The predicted octanol–water partition coefficient (Wildman–Crippen LogP) is 4.52. The van der Waals surface area contributed by atoms with Crippen LogP contribution in [0.3, 0.4) is 0 Å². The van der Waals surface area contributed by atoms with E-state index < -0.39 is 4.92 Å². The smallest absolute Gasteiger partial charge is 0.270 e. The molecule has 152 valence electrons. The van der Waals surface area contributed by atoms with E-state index in [0.717, 1.165) is 10.6 Å². The molecular formula is C20H22N4O3S2. The first-order valence-electron chi connectivity index (χ1n) is 9.13. The van der Waals surface area contributed by atoms with Gasteiger partial charge in [0.25, 0.3) is 11.6 Å². The Bertz CT molecular complexity index is 1040. The van der Waals surface area contributed by atoms with Crippen molar-refractivity contribution >= 4 is 50.0 Å². The lowest BCUT2D eigenvalue weighted by Crippen LogP contribution is -2.36. The van der Waals surface area contributed by atoms with E-state index in [9.17, 15) is 14.9 Å². The van der Waals surface area contributed by atoms with Crippen LogP contribution in [0.1, 0.15) is 17.3 Å². The number of nitrogens with zero attached hydrogens (tertiary/aromatic N) is 4. The van der Waals surface area contributed by atoms with Crippen molar-refractivity contribution in [2.45, 2.75) is 11.8 Å². The summed E-state index contributed by atoms with van der Waals surface area (Å²) in [6.45, 7) is 3.22. The monoisotopic (exact) mass is 430 g/mol. The van der Waals surface area contributed by atoms with Crippen LogP contribution in [0.2, 0.25) is 0 Å². The third-order valence-electron chi connectivity index (χ3n) is 4.21. The number of fused-ring (bicyclic) bond motifs is 1. The maximum atomic E-state index is 13.3. The molecule has 0 saturated heterocycles. The number of hydrogen-bond acceptors (Lipinski definition) is 7. The molecule has 3 aromatic rings. The van der Waals surface area contributed by atoms with Gasteiger partial charge in [0.2, 0.25) is 0 Å². The molecule has 3 rings (SSSR count). The second-order valence-electron chi connectivity index (χ2n) is 6.63. The third-order valence-corrected chi connectivity index (χ3v) is 6.13. The summed E-state index contributed by atoms with van der Waals surface area (Å²) in [5.41, 5.74) is 1.27. The molecule has 0 bridgehead atoms. The van der Waals surface area contributed by atoms with Crippen LogP contribution in [0, 0.1) is 10.1 Å². The number of aromatic nitrogens is 1. The van der Waals surface area contributed by atoms with E-state index in [2.05, 4.69) is 11.9 Å². The van der Waals surface area contributed by atoms with Crippen molar-refractivity contribution in [3.8, 4) is 0 Å². The molecule has 7 nitrogen and oxygen atoms in total. The summed E-state index contributed by atoms with van der Waals surface area (Å²) >= 11 is 2.98. The zero-order chi connectivity index (χ0) is 21.0. The average Bonchev–Trinajstić information content (AvgIpc) is 3.11. The number of amides is 1. The Morgan fingerprint density at radius 3 is 2.69 bits per heavy atom. The van der Waals surface area contributed by atoms with Gasteiger partial charge in [-0.1, -0.05) is 24.3 Å². The Morgan fingerprint density at radius 1 is 1.21 bits per heavy atom. The number of likely N-dealkylation sites (N-methyl/N-ethyl adjacent to an activating group) is 1. The summed E-state index contributed by atoms with van der Waals surface area (Å²) in [6, 6.07) is 12.1. The number of nitro groups is 1. The number of rotatable bonds is 8. The van der Waals surface area contributed by atoms with Crippen molar-refractivity contribution in [1.29, 1.82) is 0 Å². The molecule has 0 unspecified atom stereocenters. The molecule has 0 aliphatic rings. The second-order valence-corrected chi connectivity index (χ2v) is 8.97. The van der Waals surface area contributed by atoms with Gasteiger partial charge in [-0.15, -0.1) is 11.8 Å². The number of non-ortho nitro benzene ring substituents is 1. The molecule has 2 aromatic carbocycles. The predicted molar refractivity (Wildman–Crippen MR) is 119 cm³/mol. The second kappa shape index (κ2) is 9.34. The van der Waals surface area contributed by atoms with Crippen LogP contribution in [0.15, 0.2) is 47.4 Å². The zero-order valence-electron chi connectivity index (χ0n) is 16.5. The molecule has 9 heteroatoms. The summed E-state index contributed by atoms with van der Waals surface area (Å²) in [5, 5.41) is 11.6. The van der Waals surface area contributed by atoms with Crippen LogP contribution >= 0.6 is 23.1 Å². The highest BCUT2D eigenvalue weighted by molar-refractivity contribution is 7.99. The van der Waals surface area contributed by atoms with Crippen molar-refractivity contribution in [3.05, 3.63) is 58.1 Å². The molecule has 0 saturated carbocycles. The molecule has 1 heterocycles. The number of carbonyl (C=O) groups excluding carboxylic acids is 1. The fourth-order valence-corrected chi connectivity index (χ4v) is 4.50. The molecular weight excluding hydrogens is 408 g/mol. The summed E-state index contributed by atoms with van der Waals surface area (Å²) in [5.74, 6) is 0.803. The minimum absolute atomic E-state index is 0.0168. The largest absolute Gasteiger partial charge is 0.308 e. The molecule has 0 N–H and O–H groups in total. The Hall–Kier alpha value is -2.49. The highest BCUT2D eigenvalue weighted by Gasteiger charge is 2.22. The van der Waals surface area contributed by atoms with E-state index in [1.165, 1.54) is 23.5 Å². The lowest BCUT2D eigenvalue weighted by molar-refractivity contribution is -0.384. The van der Waals surface area contributed by atoms with E-state index in [0.29, 0.717) is 34.0 Å². The van der Waals surface area contributed by atoms with E-state index in [-0.39, 0.29) is 11.6 Å².